The van der Waals surface area contributed by atoms with Crippen LogP contribution in [0.25, 0.3) is 0 Å². The molecule has 1 heterocycles. The molecule has 1 aliphatic carbocycles. The molecule has 7 heteroatoms. The van der Waals surface area contributed by atoms with Gasteiger partial charge in [-0.2, -0.15) is 0 Å². The molecule has 1 saturated carbocycles. The lowest BCUT2D eigenvalue weighted by atomic mass is 9.87. The van der Waals surface area contributed by atoms with Crippen LogP contribution in [-0.4, -0.2) is 37.2 Å². The van der Waals surface area contributed by atoms with Crippen molar-refractivity contribution in [3.8, 4) is 0 Å². The lowest BCUT2D eigenvalue weighted by Gasteiger charge is -2.26. The fourth-order valence-electron chi connectivity index (χ4n) is 2.49. The molecule has 0 aliphatic heterocycles. The van der Waals surface area contributed by atoms with Crippen LogP contribution in [0.4, 0.5) is 10.9 Å². The standard InChI is InChI=1S/C14H24N4O2S/c1-9-3-5-10(6-4-9)17-13(19)11-12(15)18-14(21-11)16-7-8-20-2/h9-10H,3-8,15H2,1-2H3,(H,16,18)(H,17,19). The van der Waals surface area contributed by atoms with Crippen LogP contribution in [0.3, 0.4) is 0 Å². The van der Waals surface area contributed by atoms with Crippen molar-refractivity contribution in [1.82, 2.24) is 10.3 Å². The molecular weight excluding hydrogens is 288 g/mol. The van der Waals surface area contributed by atoms with Gasteiger partial charge in [-0.25, -0.2) is 4.98 Å². The Morgan fingerprint density at radius 3 is 2.81 bits per heavy atom. The van der Waals surface area contributed by atoms with E-state index < -0.39 is 0 Å². The molecule has 2 rings (SSSR count). The summed E-state index contributed by atoms with van der Waals surface area (Å²) >= 11 is 1.29. The van der Waals surface area contributed by atoms with Crippen molar-refractivity contribution < 1.29 is 9.53 Å². The summed E-state index contributed by atoms with van der Waals surface area (Å²) in [6.07, 6.45) is 4.44. The fourth-order valence-corrected chi connectivity index (χ4v) is 3.30. The van der Waals surface area contributed by atoms with Crippen molar-refractivity contribution in [2.45, 2.75) is 38.6 Å². The molecule has 0 saturated heterocycles. The van der Waals surface area contributed by atoms with Gasteiger partial charge in [-0.15, -0.1) is 0 Å². The highest BCUT2D eigenvalue weighted by atomic mass is 32.1. The molecule has 1 aromatic heterocycles. The van der Waals surface area contributed by atoms with Crippen LogP contribution in [-0.2, 0) is 4.74 Å². The number of nitrogens with two attached hydrogens (primary N) is 1. The van der Waals surface area contributed by atoms with Crippen LogP contribution in [0, 0.1) is 5.92 Å². The zero-order chi connectivity index (χ0) is 15.2. The normalized spacial score (nSPS) is 22.0. The number of anilines is 2. The Morgan fingerprint density at radius 1 is 1.43 bits per heavy atom. The topological polar surface area (TPSA) is 89.3 Å². The number of hydrogen-bond acceptors (Lipinski definition) is 6. The summed E-state index contributed by atoms with van der Waals surface area (Å²) in [5.41, 5.74) is 5.84. The minimum atomic E-state index is -0.107. The molecule has 0 atom stereocenters. The summed E-state index contributed by atoms with van der Waals surface area (Å²) in [7, 11) is 1.64. The van der Waals surface area contributed by atoms with Crippen LogP contribution < -0.4 is 16.4 Å². The van der Waals surface area contributed by atoms with Crippen molar-refractivity contribution in [1.29, 1.82) is 0 Å². The van der Waals surface area contributed by atoms with Gasteiger partial charge in [-0.05, 0) is 31.6 Å². The van der Waals surface area contributed by atoms with Crippen molar-refractivity contribution in [3.05, 3.63) is 4.88 Å². The van der Waals surface area contributed by atoms with E-state index >= 15 is 0 Å². The Morgan fingerprint density at radius 2 is 2.14 bits per heavy atom. The number of rotatable bonds is 6. The van der Waals surface area contributed by atoms with E-state index in [0.717, 1.165) is 18.8 Å². The summed E-state index contributed by atoms with van der Waals surface area (Å²) in [5.74, 6) is 0.953. The van der Waals surface area contributed by atoms with Crippen LogP contribution in [0.5, 0.6) is 0 Å². The molecule has 118 valence electrons. The summed E-state index contributed by atoms with van der Waals surface area (Å²) < 4.78 is 4.96. The monoisotopic (exact) mass is 312 g/mol. The van der Waals surface area contributed by atoms with Gasteiger partial charge in [0, 0.05) is 19.7 Å². The van der Waals surface area contributed by atoms with Crippen LogP contribution in [0.2, 0.25) is 0 Å². The largest absolute Gasteiger partial charge is 0.383 e. The number of amides is 1. The van der Waals surface area contributed by atoms with Gasteiger partial charge in [0.2, 0.25) is 0 Å². The van der Waals surface area contributed by atoms with Gasteiger partial charge < -0.3 is 21.1 Å². The predicted molar refractivity (Wildman–Crippen MR) is 85.8 cm³/mol. The number of nitrogens with zero attached hydrogens (tertiary/aromatic N) is 1. The predicted octanol–water partition coefficient (Wildman–Crippen LogP) is 2.09. The Bertz CT molecular complexity index is 470. The van der Waals surface area contributed by atoms with E-state index in [9.17, 15) is 4.79 Å². The molecule has 0 bridgehead atoms. The van der Waals surface area contributed by atoms with Crippen molar-refractivity contribution in [2.24, 2.45) is 5.92 Å². The molecule has 0 aromatic carbocycles. The highest BCUT2D eigenvalue weighted by molar-refractivity contribution is 7.18. The molecule has 0 unspecified atom stereocenters. The fraction of sp³-hybridized carbons (Fsp3) is 0.714. The molecular formula is C14H24N4O2S. The quantitative estimate of drug-likeness (QED) is 0.700. The van der Waals surface area contributed by atoms with Crippen molar-refractivity contribution in [2.75, 3.05) is 31.3 Å². The van der Waals surface area contributed by atoms with Crippen LogP contribution in [0.1, 0.15) is 42.3 Å². The van der Waals surface area contributed by atoms with E-state index in [1.54, 1.807) is 7.11 Å². The summed E-state index contributed by atoms with van der Waals surface area (Å²) in [6.45, 7) is 3.49. The first-order valence-corrected chi connectivity index (χ1v) is 8.21. The first kappa shape index (κ1) is 16.0. The summed E-state index contributed by atoms with van der Waals surface area (Å²) in [6, 6.07) is 0.264. The maximum atomic E-state index is 12.3. The van der Waals surface area contributed by atoms with Gasteiger partial charge in [-0.3, -0.25) is 4.79 Å². The Labute approximate surface area is 129 Å². The Balaban J connectivity index is 1.89. The zero-order valence-electron chi connectivity index (χ0n) is 12.6. The third-order valence-corrected chi connectivity index (χ3v) is 4.82. The van der Waals surface area contributed by atoms with Crippen LogP contribution in [0.15, 0.2) is 0 Å². The molecule has 1 fully saturated rings. The average Bonchev–Trinajstić information content (AvgIpc) is 2.83. The number of aromatic nitrogens is 1. The number of carbonyl (C=O) groups is 1. The van der Waals surface area contributed by atoms with E-state index in [0.29, 0.717) is 29.0 Å². The highest BCUT2D eigenvalue weighted by Crippen LogP contribution is 2.27. The lowest BCUT2D eigenvalue weighted by molar-refractivity contribution is 0.0928. The van der Waals surface area contributed by atoms with Gasteiger partial charge >= 0.3 is 0 Å². The smallest absolute Gasteiger partial charge is 0.265 e. The van der Waals surface area contributed by atoms with Crippen molar-refractivity contribution in [3.63, 3.8) is 0 Å². The Hall–Kier alpha value is -1.34. The number of methoxy groups -OCH3 is 1. The van der Waals surface area contributed by atoms with Gasteiger partial charge in [-0.1, -0.05) is 18.3 Å². The van der Waals surface area contributed by atoms with Gasteiger partial charge in [0.25, 0.3) is 5.91 Å². The molecule has 21 heavy (non-hydrogen) atoms. The number of ether oxygens (including phenoxy) is 1. The molecule has 0 radical (unpaired) electrons. The zero-order valence-corrected chi connectivity index (χ0v) is 13.5. The number of carbonyl (C=O) groups excluding carboxylic acids is 1. The minimum Gasteiger partial charge on any atom is -0.383 e. The first-order valence-electron chi connectivity index (χ1n) is 7.40. The van der Waals surface area contributed by atoms with Gasteiger partial charge in [0.15, 0.2) is 5.13 Å². The maximum absolute atomic E-state index is 12.3. The lowest BCUT2D eigenvalue weighted by Crippen LogP contribution is -2.37. The highest BCUT2D eigenvalue weighted by Gasteiger charge is 2.23. The van der Waals surface area contributed by atoms with E-state index in [2.05, 4.69) is 22.5 Å². The van der Waals surface area contributed by atoms with E-state index in [1.165, 1.54) is 24.2 Å². The Kier molecular flexibility index (Phi) is 5.81. The maximum Gasteiger partial charge on any atom is 0.265 e. The van der Waals surface area contributed by atoms with E-state index in [1.807, 2.05) is 0 Å². The van der Waals surface area contributed by atoms with E-state index in [-0.39, 0.29) is 11.9 Å². The number of hydrogen-bond donors (Lipinski definition) is 3. The molecule has 6 nitrogen and oxygen atoms in total. The second kappa shape index (κ2) is 7.61. The molecule has 1 aliphatic rings. The molecule has 4 N–H and O–H groups in total. The number of nitrogen functional groups attached to an aromatic ring is 1. The summed E-state index contributed by atoms with van der Waals surface area (Å²) in [4.78, 5) is 17.0. The minimum absolute atomic E-state index is 0.107. The average molecular weight is 312 g/mol. The first-order chi connectivity index (χ1) is 10.1. The molecule has 1 aromatic rings. The molecule has 0 spiro atoms. The second-order valence-corrected chi connectivity index (χ2v) is 6.58. The third-order valence-electron chi connectivity index (χ3n) is 3.79. The van der Waals surface area contributed by atoms with Crippen molar-refractivity contribution >= 4 is 28.2 Å². The van der Waals surface area contributed by atoms with E-state index in [4.69, 9.17) is 10.5 Å². The number of nitrogens with one attached hydrogen (secondary N) is 2. The van der Waals surface area contributed by atoms with Gasteiger partial charge in [0.05, 0.1) is 6.61 Å². The van der Waals surface area contributed by atoms with Crippen LogP contribution >= 0.6 is 11.3 Å². The van der Waals surface area contributed by atoms with Gasteiger partial charge in [0.1, 0.15) is 10.7 Å². The number of thiazole rings is 1. The second-order valence-electron chi connectivity index (χ2n) is 5.58. The summed E-state index contributed by atoms with van der Waals surface area (Å²) in [5, 5.41) is 6.83. The third kappa shape index (κ3) is 4.57. The molecule has 1 amide bonds. The SMILES string of the molecule is COCCNc1nc(N)c(C(=O)NC2CCC(C)CC2)s1.